The fourth-order valence-electron chi connectivity index (χ4n) is 1.69. The molecule has 0 aliphatic carbocycles. The number of rotatable bonds is 6. The van der Waals surface area contributed by atoms with Gasteiger partial charge in [0.1, 0.15) is 11.8 Å². The molecule has 2 heterocycles. The number of anilines is 1. The van der Waals surface area contributed by atoms with Crippen molar-refractivity contribution in [3.8, 4) is 0 Å². The Morgan fingerprint density at radius 3 is 2.82 bits per heavy atom. The van der Waals surface area contributed by atoms with Gasteiger partial charge in [-0.15, -0.1) is 0 Å². The van der Waals surface area contributed by atoms with Gasteiger partial charge < -0.3 is 15.2 Å². The van der Waals surface area contributed by atoms with E-state index in [2.05, 4.69) is 39.4 Å². The third-order valence-corrected chi connectivity index (χ3v) is 2.59. The Kier molecular flexibility index (Phi) is 3.87. The van der Waals surface area contributed by atoms with Gasteiger partial charge in [0.15, 0.2) is 11.5 Å². The van der Waals surface area contributed by atoms with Gasteiger partial charge in [-0.25, -0.2) is 15.0 Å². The highest BCUT2D eigenvalue weighted by Gasteiger charge is 2.08. The summed E-state index contributed by atoms with van der Waals surface area (Å²) in [4.78, 5) is 12.8. The number of likely N-dealkylation sites (N-methyl/N-ethyl adjacent to an activating group) is 1. The van der Waals surface area contributed by atoms with Gasteiger partial charge in [0.05, 0.1) is 6.33 Å². The summed E-state index contributed by atoms with van der Waals surface area (Å²) in [5.74, 6) is 0.806. The fraction of sp³-hybridized carbons (Fsp3) is 0.545. The van der Waals surface area contributed by atoms with E-state index >= 15 is 0 Å². The summed E-state index contributed by atoms with van der Waals surface area (Å²) < 4.78 is 2.01. The number of aryl methyl sites for hydroxylation is 1. The van der Waals surface area contributed by atoms with E-state index in [9.17, 15) is 0 Å². The van der Waals surface area contributed by atoms with Gasteiger partial charge >= 0.3 is 0 Å². The molecule has 0 fully saturated rings. The van der Waals surface area contributed by atoms with Crippen LogP contribution in [0.15, 0.2) is 12.7 Å². The number of aromatic nitrogens is 4. The van der Waals surface area contributed by atoms with Crippen LogP contribution in [-0.4, -0.2) is 39.2 Å². The Morgan fingerprint density at radius 2 is 2.06 bits per heavy atom. The Morgan fingerprint density at radius 1 is 1.18 bits per heavy atom. The molecule has 92 valence electrons. The van der Waals surface area contributed by atoms with Crippen LogP contribution in [0.2, 0.25) is 0 Å². The average Bonchev–Trinajstić information content (AvgIpc) is 2.78. The fourth-order valence-corrected chi connectivity index (χ4v) is 1.69. The number of hydrogen-bond acceptors (Lipinski definition) is 5. The van der Waals surface area contributed by atoms with Gasteiger partial charge in [-0.1, -0.05) is 6.92 Å². The minimum atomic E-state index is 0.806. The second kappa shape index (κ2) is 5.58. The van der Waals surface area contributed by atoms with Gasteiger partial charge in [0.25, 0.3) is 0 Å². The minimum absolute atomic E-state index is 0.806. The van der Waals surface area contributed by atoms with Crippen molar-refractivity contribution in [2.24, 2.45) is 0 Å². The topological polar surface area (TPSA) is 67.7 Å². The maximum atomic E-state index is 4.34. The van der Waals surface area contributed by atoms with Crippen molar-refractivity contribution >= 4 is 17.0 Å². The molecular formula is C11H18N6. The Hall–Kier alpha value is -1.69. The van der Waals surface area contributed by atoms with Crippen molar-refractivity contribution in [1.29, 1.82) is 0 Å². The third kappa shape index (κ3) is 2.52. The van der Waals surface area contributed by atoms with E-state index in [1.807, 2.05) is 4.57 Å². The molecule has 0 unspecified atom stereocenters. The van der Waals surface area contributed by atoms with Crippen molar-refractivity contribution in [2.45, 2.75) is 20.4 Å². The summed E-state index contributed by atoms with van der Waals surface area (Å²) >= 11 is 0. The van der Waals surface area contributed by atoms with Crippen LogP contribution in [0.25, 0.3) is 11.2 Å². The summed E-state index contributed by atoms with van der Waals surface area (Å²) in [5.41, 5.74) is 1.72. The van der Waals surface area contributed by atoms with Crippen molar-refractivity contribution in [1.82, 2.24) is 24.8 Å². The van der Waals surface area contributed by atoms with Crippen molar-refractivity contribution in [3.05, 3.63) is 12.7 Å². The molecule has 0 aromatic carbocycles. The first kappa shape index (κ1) is 11.8. The van der Waals surface area contributed by atoms with Gasteiger partial charge in [-0.3, -0.25) is 0 Å². The lowest BCUT2D eigenvalue weighted by Gasteiger charge is -2.06. The smallest absolute Gasteiger partial charge is 0.165 e. The van der Waals surface area contributed by atoms with E-state index in [-0.39, 0.29) is 0 Å². The van der Waals surface area contributed by atoms with E-state index in [1.165, 1.54) is 0 Å². The van der Waals surface area contributed by atoms with Crippen molar-refractivity contribution in [2.75, 3.05) is 25.0 Å². The van der Waals surface area contributed by atoms with Crippen LogP contribution >= 0.6 is 0 Å². The number of nitrogens with zero attached hydrogens (tertiary/aromatic N) is 4. The molecule has 6 nitrogen and oxygen atoms in total. The summed E-state index contributed by atoms with van der Waals surface area (Å²) in [6, 6.07) is 0. The molecular weight excluding hydrogens is 216 g/mol. The predicted molar refractivity (Wildman–Crippen MR) is 68.0 cm³/mol. The van der Waals surface area contributed by atoms with Crippen molar-refractivity contribution in [3.63, 3.8) is 0 Å². The second-order valence-electron chi connectivity index (χ2n) is 3.71. The zero-order chi connectivity index (χ0) is 12.1. The lowest BCUT2D eigenvalue weighted by atomic mass is 10.4. The van der Waals surface area contributed by atoms with Gasteiger partial charge in [-0.2, -0.15) is 0 Å². The molecule has 0 aliphatic heterocycles. The first-order valence-corrected chi connectivity index (χ1v) is 5.97. The minimum Gasteiger partial charge on any atom is -0.367 e. The molecule has 6 heteroatoms. The van der Waals surface area contributed by atoms with Crippen LogP contribution in [0.5, 0.6) is 0 Å². The SMILES string of the molecule is CCNCCNc1ncnc2c1ncn2CC. The lowest BCUT2D eigenvalue weighted by molar-refractivity contribution is 0.738. The molecule has 0 saturated carbocycles. The van der Waals surface area contributed by atoms with E-state index in [0.717, 1.165) is 43.2 Å². The summed E-state index contributed by atoms with van der Waals surface area (Å²) in [7, 11) is 0. The highest BCUT2D eigenvalue weighted by molar-refractivity contribution is 5.82. The third-order valence-electron chi connectivity index (χ3n) is 2.59. The average molecular weight is 234 g/mol. The molecule has 2 aromatic rings. The first-order chi connectivity index (χ1) is 8.36. The largest absolute Gasteiger partial charge is 0.367 e. The van der Waals surface area contributed by atoms with Crippen LogP contribution < -0.4 is 10.6 Å². The van der Waals surface area contributed by atoms with Crippen LogP contribution in [0.3, 0.4) is 0 Å². The van der Waals surface area contributed by atoms with Crippen LogP contribution in [-0.2, 0) is 6.54 Å². The van der Waals surface area contributed by atoms with Crippen molar-refractivity contribution < 1.29 is 0 Å². The van der Waals surface area contributed by atoms with Gasteiger partial charge in [0, 0.05) is 19.6 Å². The Bertz CT molecular complexity index is 478. The number of hydrogen-bond donors (Lipinski definition) is 2. The lowest BCUT2D eigenvalue weighted by Crippen LogP contribution is -2.22. The van der Waals surface area contributed by atoms with E-state index in [1.54, 1.807) is 12.7 Å². The first-order valence-electron chi connectivity index (χ1n) is 5.97. The highest BCUT2D eigenvalue weighted by Crippen LogP contribution is 2.16. The monoisotopic (exact) mass is 234 g/mol. The van der Waals surface area contributed by atoms with Crippen LogP contribution in [0, 0.1) is 0 Å². The van der Waals surface area contributed by atoms with Gasteiger partial charge in [0.2, 0.25) is 0 Å². The maximum Gasteiger partial charge on any atom is 0.165 e. The van der Waals surface area contributed by atoms with Gasteiger partial charge in [-0.05, 0) is 13.5 Å². The van der Waals surface area contributed by atoms with E-state index < -0.39 is 0 Å². The molecule has 0 atom stereocenters. The molecule has 0 spiro atoms. The quantitative estimate of drug-likeness (QED) is 0.726. The Balaban J connectivity index is 2.14. The summed E-state index contributed by atoms with van der Waals surface area (Å²) in [6.07, 6.45) is 3.38. The summed E-state index contributed by atoms with van der Waals surface area (Å²) in [5, 5.41) is 6.52. The zero-order valence-corrected chi connectivity index (χ0v) is 10.3. The summed E-state index contributed by atoms with van der Waals surface area (Å²) in [6.45, 7) is 7.75. The van der Waals surface area contributed by atoms with E-state index in [0.29, 0.717) is 0 Å². The number of nitrogens with one attached hydrogen (secondary N) is 2. The molecule has 2 rings (SSSR count). The molecule has 2 aromatic heterocycles. The normalized spacial score (nSPS) is 10.9. The predicted octanol–water partition coefficient (Wildman–Crippen LogP) is 0.868. The molecule has 0 saturated heterocycles. The highest BCUT2D eigenvalue weighted by atomic mass is 15.1. The molecule has 0 radical (unpaired) electrons. The number of fused-ring (bicyclic) bond motifs is 1. The second-order valence-corrected chi connectivity index (χ2v) is 3.71. The maximum absolute atomic E-state index is 4.34. The van der Waals surface area contributed by atoms with E-state index in [4.69, 9.17) is 0 Å². The molecule has 0 amide bonds. The number of imidazole rings is 1. The van der Waals surface area contributed by atoms with Crippen LogP contribution in [0.1, 0.15) is 13.8 Å². The molecule has 17 heavy (non-hydrogen) atoms. The standard InChI is InChI=1S/C11H18N6/c1-3-12-5-6-13-10-9-11(15-7-14-10)17(4-2)8-16-9/h7-8,12H,3-6H2,1-2H3,(H,13,14,15). The molecule has 2 N–H and O–H groups in total. The molecule has 0 bridgehead atoms. The molecule has 0 aliphatic rings. The van der Waals surface area contributed by atoms with Crippen LogP contribution in [0.4, 0.5) is 5.82 Å². The Labute approximate surface area is 100 Å². The zero-order valence-electron chi connectivity index (χ0n) is 10.3.